The van der Waals surface area contributed by atoms with Gasteiger partial charge in [-0.1, -0.05) is 32.4 Å². The number of carbonyl (C=O) groups is 1. The molecular weight excluding hydrogens is 248 g/mol. The van der Waals surface area contributed by atoms with Crippen LogP contribution in [0.2, 0.25) is 0 Å². The van der Waals surface area contributed by atoms with Gasteiger partial charge >= 0.3 is 0 Å². The smallest absolute Gasteiger partial charge is 0.238 e. The first-order chi connectivity index (χ1) is 9.60. The predicted molar refractivity (Wildman–Crippen MR) is 83.8 cm³/mol. The van der Waals surface area contributed by atoms with Crippen molar-refractivity contribution in [3.05, 3.63) is 29.8 Å². The summed E-state index contributed by atoms with van der Waals surface area (Å²) in [6, 6.07) is 8.39. The van der Waals surface area contributed by atoms with Crippen LogP contribution in [0.15, 0.2) is 24.3 Å². The van der Waals surface area contributed by atoms with Crippen molar-refractivity contribution < 1.29 is 4.79 Å². The van der Waals surface area contributed by atoms with Crippen LogP contribution in [0.25, 0.3) is 0 Å². The Morgan fingerprint density at radius 3 is 2.80 bits per heavy atom. The molecule has 3 atom stereocenters. The topological polar surface area (TPSA) is 41.1 Å². The number of aryl methyl sites for hydroxylation is 1. The van der Waals surface area contributed by atoms with Gasteiger partial charge in [0.1, 0.15) is 0 Å². The third-order valence-electron chi connectivity index (χ3n) is 4.58. The quantitative estimate of drug-likeness (QED) is 0.864. The van der Waals surface area contributed by atoms with Crippen LogP contribution in [0.1, 0.15) is 38.7 Å². The van der Waals surface area contributed by atoms with E-state index in [0.717, 1.165) is 17.2 Å². The molecule has 0 aliphatic heterocycles. The Labute approximate surface area is 122 Å². The molecule has 0 heterocycles. The number of rotatable bonds is 5. The Hall–Kier alpha value is -1.35. The zero-order chi connectivity index (χ0) is 14.5. The van der Waals surface area contributed by atoms with E-state index in [1.54, 1.807) is 0 Å². The number of nitrogens with one attached hydrogen (secondary N) is 2. The van der Waals surface area contributed by atoms with E-state index in [0.29, 0.717) is 18.5 Å². The first-order valence-corrected chi connectivity index (χ1v) is 7.70. The van der Waals surface area contributed by atoms with E-state index in [2.05, 4.69) is 24.5 Å². The van der Waals surface area contributed by atoms with Gasteiger partial charge in [0.05, 0.1) is 6.54 Å². The molecule has 20 heavy (non-hydrogen) atoms. The molecule has 1 amide bonds. The fourth-order valence-corrected chi connectivity index (χ4v) is 3.26. The monoisotopic (exact) mass is 274 g/mol. The summed E-state index contributed by atoms with van der Waals surface area (Å²) in [6.45, 7) is 6.99. The summed E-state index contributed by atoms with van der Waals surface area (Å²) in [5.74, 6) is 1.53. The Morgan fingerprint density at radius 1 is 1.35 bits per heavy atom. The molecule has 0 bridgehead atoms. The number of hydrogen-bond donors (Lipinski definition) is 2. The van der Waals surface area contributed by atoms with Crippen molar-refractivity contribution in [1.29, 1.82) is 0 Å². The van der Waals surface area contributed by atoms with Gasteiger partial charge < -0.3 is 10.6 Å². The molecule has 1 aromatic rings. The molecule has 3 unspecified atom stereocenters. The average Bonchev–Trinajstić information content (AvgIpc) is 2.77. The molecule has 0 saturated heterocycles. The van der Waals surface area contributed by atoms with Crippen LogP contribution in [0, 0.1) is 18.8 Å². The summed E-state index contributed by atoms with van der Waals surface area (Å²) in [5, 5.41) is 6.36. The van der Waals surface area contributed by atoms with Crippen molar-refractivity contribution in [2.45, 2.75) is 46.1 Å². The maximum atomic E-state index is 12.0. The molecular formula is C17H26N2O. The number of carbonyl (C=O) groups excluding carboxylic acids is 1. The van der Waals surface area contributed by atoms with Crippen molar-refractivity contribution in [1.82, 2.24) is 5.32 Å². The van der Waals surface area contributed by atoms with Gasteiger partial charge in [0.2, 0.25) is 5.91 Å². The highest BCUT2D eigenvalue weighted by atomic mass is 16.1. The lowest BCUT2D eigenvalue weighted by Gasteiger charge is -2.20. The van der Waals surface area contributed by atoms with Gasteiger partial charge in [-0.3, -0.25) is 4.79 Å². The molecule has 1 aromatic carbocycles. The molecule has 110 valence electrons. The first-order valence-electron chi connectivity index (χ1n) is 7.70. The maximum Gasteiger partial charge on any atom is 0.238 e. The number of anilines is 1. The summed E-state index contributed by atoms with van der Waals surface area (Å²) in [7, 11) is 0. The van der Waals surface area contributed by atoms with E-state index in [4.69, 9.17) is 0 Å². The average molecular weight is 274 g/mol. The summed E-state index contributed by atoms with van der Waals surface area (Å²) in [5.41, 5.74) is 2.04. The predicted octanol–water partition coefficient (Wildman–Crippen LogP) is 3.35. The minimum atomic E-state index is 0.0442. The largest absolute Gasteiger partial charge is 0.325 e. The second kappa shape index (κ2) is 6.89. The molecule has 0 aromatic heterocycles. The Balaban J connectivity index is 1.78. The number of amides is 1. The van der Waals surface area contributed by atoms with Crippen LogP contribution in [-0.4, -0.2) is 18.5 Å². The lowest BCUT2D eigenvalue weighted by Crippen LogP contribution is -2.38. The molecule has 1 aliphatic rings. The van der Waals surface area contributed by atoms with E-state index in [-0.39, 0.29) is 5.91 Å². The summed E-state index contributed by atoms with van der Waals surface area (Å²) in [4.78, 5) is 12.0. The lowest BCUT2D eigenvalue weighted by atomic mass is 9.93. The summed E-state index contributed by atoms with van der Waals surface area (Å²) >= 11 is 0. The van der Waals surface area contributed by atoms with E-state index in [1.165, 1.54) is 19.3 Å². The van der Waals surface area contributed by atoms with Crippen LogP contribution in [0.4, 0.5) is 5.69 Å². The molecule has 3 heteroatoms. The van der Waals surface area contributed by atoms with Crippen LogP contribution in [0.5, 0.6) is 0 Å². The third-order valence-corrected chi connectivity index (χ3v) is 4.58. The van der Waals surface area contributed by atoms with Crippen molar-refractivity contribution in [3.8, 4) is 0 Å². The van der Waals surface area contributed by atoms with Gasteiger partial charge in [-0.2, -0.15) is 0 Å². The highest BCUT2D eigenvalue weighted by Gasteiger charge is 2.31. The minimum Gasteiger partial charge on any atom is -0.325 e. The van der Waals surface area contributed by atoms with E-state index in [1.807, 2.05) is 31.2 Å². The summed E-state index contributed by atoms with van der Waals surface area (Å²) in [6.07, 6.45) is 3.72. The second-order valence-corrected chi connectivity index (χ2v) is 6.01. The van der Waals surface area contributed by atoms with Crippen LogP contribution in [0.3, 0.4) is 0 Å². The highest BCUT2D eigenvalue weighted by molar-refractivity contribution is 5.92. The molecule has 1 fully saturated rings. The Bertz CT molecular complexity index is 458. The Morgan fingerprint density at radius 2 is 2.15 bits per heavy atom. The third kappa shape index (κ3) is 3.83. The highest BCUT2D eigenvalue weighted by Crippen LogP contribution is 2.33. The molecule has 1 aliphatic carbocycles. The number of hydrogen-bond acceptors (Lipinski definition) is 2. The van der Waals surface area contributed by atoms with Crippen molar-refractivity contribution in [3.63, 3.8) is 0 Å². The van der Waals surface area contributed by atoms with Gasteiger partial charge in [0.25, 0.3) is 0 Å². The second-order valence-electron chi connectivity index (χ2n) is 6.01. The van der Waals surface area contributed by atoms with E-state index >= 15 is 0 Å². The fourth-order valence-electron chi connectivity index (χ4n) is 3.26. The van der Waals surface area contributed by atoms with E-state index in [9.17, 15) is 4.79 Å². The minimum absolute atomic E-state index is 0.0442. The van der Waals surface area contributed by atoms with Gasteiger partial charge in [0.15, 0.2) is 0 Å². The Kier molecular flexibility index (Phi) is 5.18. The molecule has 1 saturated carbocycles. The van der Waals surface area contributed by atoms with Gasteiger partial charge in [-0.15, -0.1) is 0 Å². The van der Waals surface area contributed by atoms with E-state index < -0.39 is 0 Å². The maximum absolute atomic E-state index is 12.0. The fraction of sp³-hybridized carbons (Fsp3) is 0.588. The lowest BCUT2D eigenvalue weighted by molar-refractivity contribution is -0.115. The van der Waals surface area contributed by atoms with Gasteiger partial charge in [0, 0.05) is 11.7 Å². The van der Waals surface area contributed by atoms with Gasteiger partial charge in [-0.05, 0) is 49.3 Å². The number of benzene rings is 1. The van der Waals surface area contributed by atoms with Crippen molar-refractivity contribution in [2.75, 3.05) is 11.9 Å². The molecule has 0 spiro atoms. The van der Waals surface area contributed by atoms with Crippen LogP contribution >= 0.6 is 0 Å². The first kappa shape index (κ1) is 15.0. The molecule has 2 N–H and O–H groups in total. The normalized spacial score (nSPS) is 25.6. The molecule has 0 radical (unpaired) electrons. The summed E-state index contributed by atoms with van der Waals surface area (Å²) < 4.78 is 0. The zero-order valence-electron chi connectivity index (χ0n) is 12.8. The molecule has 2 rings (SSSR count). The molecule has 3 nitrogen and oxygen atoms in total. The van der Waals surface area contributed by atoms with Crippen LogP contribution in [-0.2, 0) is 4.79 Å². The van der Waals surface area contributed by atoms with Crippen molar-refractivity contribution in [2.24, 2.45) is 11.8 Å². The standard InChI is InChI=1S/C17H26N2O/c1-4-14-8-9-16(13(14)3)18-11-17(20)19-15-7-5-6-12(2)10-15/h5-7,10,13-14,16,18H,4,8-9,11H2,1-3H3,(H,19,20). The zero-order valence-corrected chi connectivity index (χ0v) is 12.8. The van der Waals surface area contributed by atoms with Gasteiger partial charge in [-0.25, -0.2) is 0 Å². The SMILES string of the molecule is CCC1CCC(NCC(=O)Nc2cccc(C)c2)C1C. The van der Waals surface area contributed by atoms with Crippen LogP contribution < -0.4 is 10.6 Å². The van der Waals surface area contributed by atoms with Crippen molar-refractivity contribution >= 4 is 11.6 Å².